The van der Waals surface area contributed by atoms with Crippen LogP contribution in [-0.2, 0) is 25.7 Å². The molecule has 0 bridgehead atoms. The van der Waals surface area contributed by atoms with Crippen molar-refractivity contribution in [1.82, 2.24) is 0 Å². The average Bonchev–Trinajstić information content (AvgIpc) is 2.79. The summed E-state index contributed by atoms with van der Waals surface area (Å²) < 4.78 is 18.0. The summed E-state index contributed by atoms with van der Waals surface area (Å²) in [4.78, 5) is 26.1. The molecule has 7 heteroatoms. The molecule has 34 heavy (non-hydrogen) atoms. The number of allylic oxidation sites excluding steroid dienone is 2. The zero-order valence-corrected chi connectivity index (χ0v) is 21.2. The Hall–Kier alpha value is -3.06. The molecule has 4 rings (SSSR count). The van der Waals surface area contributed by atoms with Crippen LogP contribution in [-0.4, -0.2) is 18.4 Å². The van der Waals surface area contributed by atoms with E-state index >= 15 is 0 Å². The smallest absolute Gasteiger partial charge is 0.340 e. The number of Topliss-reactive ketones (excluding diaryl/α,β-unsaturated/α-hetero) is 1. The van der Waals surface area contributed by atoms with E-state index in [2.05, 4.69) is 22.0 Å². The maximum Gasteiger partial charge on any atom is 0.340 e. The quantitative estimate of drug-likeness (QED) is 0.501. The molecule has 2 aromatic carbocycles. The van der Waals surface area contributed by atoms with Crippen LogP contribution in [0, 0.1) is 13.8 Å². The lowest BCUT2D eigenvalue weighted by atomic mass is 9.75. The molecule has 2 aromatic rings. The average molecular weight is 526 g/mol. The molecule has 0 aromatic heterocycles. The molecule has 0 fully saturated rings. The highest BCUT2D eigenvalue weighted by atomic mass is 79.9. The summed E-state index contributed by atoms with van der Waals surface area (Å²) >= 11 is 3.51. The first-order chi connectivity index (χ1) is 16.3. The molecule has 0 saturated carbocycles. The van der Waals surface area contributed by atoms with Gasteiger partial charge >= 0.3 is 5.97 Å². The Morgan fingerprint density at radius 1 is 1.18 bits per heavy atom. The molecule has 6 nitrogen and oxygen atoms in total. The molecule has 0 spiro atoms. The van der Waals surface area contributed by atoms with Gasteiger partial charge in [0.2, 0.25) is 5.88 Å². The van der Waals surface area contributed by atoms with Gasteiger partial charge in [0.25, 0.3) is 0 Å². The minimum Gasteiger partial charge on any atom is -0.488 e. The first-order valence-corrected chi connectivity index (χ1v) is 12.2. The monoisotopic (exact) mass is 525 g/mol. The van der Waals surface area contributed by atoms with Crippen molar-refractivity contribution in [1.29, 1.82) is 0 Å². The van der Waals surface area contributed by atoms with Crippen LogP contribution >= 0.6 is 15.9 Å². The van der Waals surface area contributed by atoms with Crippen molar-refractivity contribution in [3.05, 3.63) is 85.9 Å². The molecular formula is C27H28BrNO5. The van der Waals surface area contributed by atoms with E-state index in [4.69, 9.17) is 19.9 Å². The number of carbonyl (C=O) groups excluding carboxylic acids is 2. The summed E-state index contributed by atoms with van der Waals surface area (Å²) in [6.45, 7) is 6.26. The highest BCUT2D eigenvalue weighted by Crippen LogP contribution is 2.45. The standard InChI is InChI=1S/C27H28BrNO5/c1-4-32-27(31)25-23(24-20(30)9-7-11-22(24)34-26(25)29)18-13-17(15(2)12-16(18)3)14-33-21-10-6-5-8-19(21)28/h5-6,8,10,12-13,23H,4,7,9,11,14,29H2,1-3H3. The van der Waals surface area contributed by atoms with Gasteiger partial charge < -0.3 is 19.9 Å². The van der Waals surface area contributed by atoms with Crippen LogP contribution in [0.1, 0.15) is 54.4 Å². The second-order valence-electron chi connectivity index (χ2n) is 8.50. The van der Waals surface area contributed by atoms with E-state index in [1.165, 1.54) is 0 Å². The van der Waals surface area contributed by atoms with Crippen molar-refractivity contribution in [3.8, 4) is 5.75 Å². The third-order valence-electron chi connectivity index (χ3n) is 6.24. The molecule has 2 aliphatic rings. The number of hydrogen-bond acceptors (Lipinski definition) is 6. The maximum absolute atomic E-state index is 13.1. The van der Waals surface area contributed by atoms with Gasteiger partial charge in [0.1, 0.15) is 23.7 Å². The van der Waals surface area contributed by atoms with E-state index in [-0.39, 0.29) is 23.8 Å². The predicted molar refractivity (Wildman–Crippen MR) is 132 cm³/mol. The van der Waals surface area contributed by atoms with Gasteiger partial charge in [0, 0.05) is 18.4 Å². The number of ketones is 1. The molecule has 1 heterocycles. The SMILES string of the molecule is CCOC(=O)C1=C(N)OC2=C(C(=O)CCC2)C1c1cc(COc2ccccc2Br)c(C)cc1C. The molecule has 1 aliphatic heterocycles. The van der Waals surface area contributed by atoms with E-state index in [0.29, 0.717) is 37.2 Å². The number of esters is 1. The van der Waals surface area contributed by atoms with E-state index in [0.717, 1.165) is 32.5 Å². The topological polar surface area (TPSA) is 87.9 Å². The van der Waals surface area contributed by atoms with Crippen LogP contribution in [0.3, 0.4) is 0 Å². The first kappa shape index (κ1) is 24.1. The van der Waals surface area contributed by atoms with Crippen molar-refractivity contribution in [3.63, 3.8) is 0 Å². The van der Waals surface area contributed by atoms with Crippen molar-refractivity contribution in [2.45, 2.75) is 52.6 Å². The second-order valence-corrected chi connectivity index (χ2v) is 9.36. The molecule has 1 atom stereocenters. The number of hydrogen-bond donors (Lipinski definition) is 1. The van der Waals surface area contributed by atoms with Gasteiger partial charge in [-0.05, 0) is 77.5 Å². The van der Waals surface area contributed by atoms with Gasteiger partial charge in [-0.2, -0.15) is 0 Å². The molecule has 1 aliphatic carbocycles. The number of benzene rings is 2. The van der Waals surface area contributed by atoms with Crippen LogP contribution < -0.4 is 10.5 Å². The van der Waals surface area contributed by atoms with Gasteiger partial charge in [-0.15, -0.1) is 0 Å². The van der Waals surface area contributed by atoms with Crippen LogP contribution in [0.2, 0.25) is 0 Å². The number of aryl methyl sites for hydroxylation is 2. The molecule has 1 unspecified atom stereocenters. The second kappa shape index (κ2) is 10.1. The number of para-hydroxylation sites is 1. The summed E-state index contributed by atoms with van der Waals surface area (Å²) in [5, 5.41) is 0. The van der Waals surface area contributed by atoms with Gasteiger partial charge in [-0.25, -0.2) is 4.79 Å². The Bertz CT molecular complexity index is 1210. The van der Waals surface area contributed by atoms with Crippen molar-refractivity contribution in [2.24, 2.45) is 5.73 Å². The Labute approximate surface area is 207 Å². The van der Waals surface area contributed by atoms with E-state index in [1.807, 2.05) is 44.2 Å². The Balaban J connectivity index is 1.80. The molecular weight excluding hydrogens is 498 g/mol. The molecule has 0 amide bonds. The molecule has 2 N–H and O–H groups in total. The summed E-state index contributed by atoms with van der Waals surface area (Å²) in [6.07, 6.45) is 1.72. The van der Waals surface area contributed by atoms with Crippen molar-refractivity contribution < 1.29 is 23.8 Å². The molecule has 0 radical (unpaired) electrons. The fourth-order valence-corrected chi connectivity index (χ4v) is 4.97. The minimum atomic E-state index is -0.640. The predicted octanol–water partition coefficient (Wildman–Crippen LogP) is 5.50. The van der Waals surface area contributed by atoms with Crippen LogP contribution in [0.4, 0.5) is 0 Å². The van der Waals surface area contributed by atoms with Gasteiger partial charge in [0.15, 0.2) is 5.78 Å². The van der Waals surface area contributed by atoms with Gasteiger partial charge in [-0.3, -0.25) is 4.79 Å². The third-order valence-corrected chi connectivity index (χ3v) is 6.89. The Kier molecular flexibility index (Phi) is 7.12. The summed E-state index contributed by atoms with van der Waals surface area (Å²) in [6, 6.07) is 11.7. The first-order valence-electron chi connectivity index (χ1n) is 11.4. The zero-order chi connectivity index (χ0) is 24.4. The highest BCUT2D eigenvalue weighted by Gasteiger charge is 2.41. The Morgan fingerprint density at radius 3 is 2.68 bits per heavy atom. The number of halogens is 1. The number of rotatable bonds is 6. The van der Waals surface area contributed by atoms with E-state index in [1.54, 1.807) is 6.92 Å². The van der Waals surface area contributed by atoms with Crippen molar-refractivity contribution >= 4 is 27.7 Å². The van der Waals surface area contributed by atoms with Gasteiger partial charge in [0.05, 0.1) is 17.0 Å². The largest absolute Gasteiger partial charge is 0.488 e. The number of carbonyl (C=O) groups is 2. The summed E-state index contributed by atoms with van der Waals surface area (Å²) in [5.74, 6) is 0.0606. The van der Waals surface area contributed by atoms with E-state index < -0.39 is 11.9 Å². The lowest BCUT2D eigenvalue weighted by molar-refractivity contribution is -0.139. The summed E-state index contributed by atoms with van der Waals surface area (Å²) in [7, 11) is 0. The van der Waals surface area contributed by atoms with Crippen LogP contribution in [0.15, 0.2) is 63.7 Å². The lowest BCUT2D eigenvalue weighted by Gasteiger charge is -2.33. The number of nitrogens with two attached hydrogens (primary N) is 1. The van der Waals surface area contributed by atoms with E-state index in [9.17, 15) is 9.59 Å². The normalized spacial score (nSPS) is 17.9. The van der Waals surface area contributed by atoms with Crippen LogP contribution in [0.5, 0.6) is 5.75 Å². The van der Waals surface area contributed by atoms with Crippen molar-refractivity contribution in [2.75, 3.05) is 6.61 Å². The van der Waals surface area contributed by atoms with Crippen LogP contribution in [0.25, 0.3) is 0 Å². The summed E-state index contributed by atoms with van der Waals surface area (Å²) in [5.41, 5.74) is 10.7. The fourth-order valence-electron chi connectivity index (χ4n) is 4.57. The number of ether oxygens (including phenoxy) is 3. The highest BCUT2D eigenvalue weighted by molar-refractivity contribution is 9.10. The third kappa shape index (κ3) is 4.62. The van der Waals surface area contributed by atoms with Gasteiger partial charge in [-0.1, -0.05) is 24.3 Å². The molecule has 0 saturated heterocycles. The molecule has 178 valence electrons. The maximum atomic E-state index is 13.1. The lowest BCUT2D eigenvalue weighted by Crippen LogP contribution is -2.32. The fraction of sp³-hybridized carbons (Fsp3) is 0.333. The minimum absolute atomic E-state index is 0.00268. The zero-order valence-electron chi connectivity index (χ0n) is 19.6. The Morgan fingerprint density at radius 2 is 1.94 bits per heavy atom.